The average Bonchev–Trinajstić information content (AvgIpc) is 3.18. The number of halogens is 3. The molecular weight excluding hydrogens is 545 g/mol. The summed E-state index contributed by atoms with van der Waals surface area (Å²) in [6.45, 7) is 0. The number of thiophene rings is 1. The number of ether oxygens (including phenoxy) is 1. The van der Waals surface area contributed by atoms with Gasteiger partial charge >= 0.3 is 6.18 Å². The summed E-state index contributed by atoms with van der Waals surface area (Å²) >= 11 is 0.868. The van der Waals surface area contributed by atoms with Gasteiger partial charge in [0, 0.05) is 10.9 Å². The number of aromatic nitrogens is 1. The van der Waals surface area contributed by atoms with Crippen LogP contribution < -0.4 is 26.7 Å². The number of carbonyl (C=O) groups is 1. The van der Waals surface area contributed by atoms with Gasteiger partial charge in [-0.05, 0) is 35.9 Å². The van der Waals surface area contributed by atoms with E-state index in [9.17, 15) is 31.6 Å². The van der Waals surface area contributed by atoms with Gasteiger partial charge in [0.25, 0.3) is 15.9 Å². The molecule has 2 aromatic carbocycles. The van der Waals surface area contributed by atoms with Gasteiger partial charge in [-0.1, -0.05) is 12.1 Å². The molecule has 38 heavy (non-hydrogen) atoms. The Morgan fingerprint density at radius 1 is 1.18 bits per heavy atom. The number of carbonyl (C=O) groups excluding carboxylic acids is 1. The molecule has 196 valence electrons. The number of hydrogen-bond donors (Lipinski definition) is 4. The van der Waals surface area contributed by atoms with Gasteiger partial charge in [0.2, 0.25) is 0 Å². The summed E-state index contributed by atoms with van der Waals surface area (Å²) in [6.07, 6.45) is -4.76. The Morgan fingerprint density at radius 3 is 2.50 bits per heavy atom. The van der Waals surface area contributed by atoms with Crippen LogP contribution in [0.1, 0.15) is 20.8 Å². The van der Waals surface area contributed by atoms with E-state index in [-0.39, 0.29) is 54.7 Å². The number of pyridine rings is 1. The maximum atomic E-state index is 13.1. The van der Waals surface area contributed by atoms with E-state index in [1.54, 1.807) is 0 Å². The van der Waals surface area contributed by atoms with Crippen LogP contribution in [0.3, 0.4) is 0 Å². The first-order valence-electron chi connectivity index (χ1n) is 10.4. The van der Waals surface area contributed by atoms with Gasteiger partial charge in [-0.15, -0.1) is 11.3 Å². The minimum atomic E-state index is -4.76. The number of methoxy groups -OCH3 is 1. The van der Waals surface area contributed by atoms with Gasteiger partial charge in [-0.3, -0.25) is 9.52 Å². The molecule has 7 N–H and O–H groups in total. The molecule has 4 aromatic rings. The summed E-state index contributed by atoms with van der Waals surface area (Å²) in [4.78, 5) is 15.6. The molecule has 15 heteroatoms. The maximum absolute atomic E-state index is 13.1. The van der Waals surface area contributed by atoms with Gasteiger partial charge in [0.15, 0.2) is 0 Å². The molecule has 0 saturated heterocycles. The monoisotopic (exact) mass is 562 g/mol. The van der Waals surface area contributed by atoms with Crippen LogP contribution in [0.5, 0.6) is 5.75 Å². The van der Waals surface area contributed by atoms with Crippen molar-refractivity contribution in [3.63, 3.8) is 0 Å². The van der Waals surface area contributed by atoms with E-state index in [2.05, 4.69) is 9.71 Å². The number of fused-ring (bicyclic) bond motifs is 1. The molecule has 0 fully saturated rings. The third kappa shape index (κ3) is 4.62. The third-order valence-corrected chi connectivity index (χ3v) is 7.92. The summed E-state index contributed by atoms with van der Waals surface area (Å²) < 4.78 is 73.0. The molecule has 0 aliphatic heterocycles. The number of nitrogen functional groups attached to an aromatic ring is 2. The topological polar surface area (TPSA) is 187 Å². The smallest absolute Gasteiger partial charge is 0.416 e. The lowest BCUT2D eigenvalue weighted by atomic mass is 9.96. The fourth-order valence-corrected chi connectivity index (χ4v) is 5.81. The van der Waals surface area contributed by atoms with Crippen molar-refractivity contribution in [1.29, 1.82) is 5.26 Å². The summed E-state index contributed by atoms with van der Waals surface area (Å²) in [5.74, 6) is -0.968. The second-order valence-electron chi connectivity index (χ2n) is 7.79. The van der Waals surface area contributed by atoms with Crippen molar-refractivity contribution in [2.75, 3.05) is 23.3 Å². The molecule has 4 rings (SSSR count). The normalized spacial score (nSPS) is 11.8. The number of alkyl halides is 3. The lowest BCUT2D eigenvalue weighted by Crippen LogP contribution is -2.15. The fraction of sp³-hybridized carbons (Fsp3) is 0.0870. The minimum absolute atomic E-state index is 0.0118. The van der Waals surface area contributed by atoms with Gasteiger partial charge < -0.3 is 21.9 Å². The van der Waals surface area contributed by atoms with Crippen LogP contribution in [0.15, 0.2) is 47.4 Å². The molecule has 2 aromatic heterocycles. The Bertz CT molecular complexity index is 1760. The summed E-state index contributed by atoms with van der Waals surface area (Å²) in [5, 5.41) is 10.00. The highest BCUT2D eigenvalue weighted by atomic mass is 32.2. The number of rotatable bonds is 6. The molecule has 10 nitrogen and oxygen atoms in total. The molecule has 0 spiro atoms. The SMILES string of the molecule is COc1ccc(-c2c(C#N)c(N)nc3sc(C(N)=O)c(N)c23)cc1NS(=O)(=O)c1cccc(C(F)(F)F)c1. The number of nitrogens with two attached hydrogens (primary N) is 3. The van der Waals surface area contributed by atoms with Crippen LogP contribution in [0, 0.1) is 11.3 Å². The first kappa shape index (κ1) is 26.5. The first-order chi connectivity index (χ1) is 17.8. The van der Waals surface area contributed by atoms with Crippen molar-refractivity contribution >= 4 is 54.7 Å². The average molecular weight is 563 g/mol. The second kappa shape index (κ2) is 9.39. The summed E-state index contributed by atoms with van der Waals surface area (Å²) in [7, 11) is -3.26. The molecule has 2 heterocycles. The van der Waals surface area contributed by atoms with Crippen LogP contribution >= 0.6 is 11.3 Å². The number of anilines is 3. The van der Waals surface area contributed by atoms with Crippen LogP contribution in [0.4, 0.5) is 30.4 Å². The standard InChI is InChI=1S/C23H17F3N6O4S2/c1-36-15-6-5-10(7-14(15)32-38(34,35)12-4-2-3-11(8-12)23(24,25)26)16-13(9-27)20(29)31-22-17(16)18(28)19(37-22)21(30)33/h2-8,32H,28H2,1H3,(H2,29,31)(H2,30,33). The quantitative estimate of drug-likeness (QED) is 0.272. The largest absolute Gasteiger partial charge is 0.495 e. The number of primary amides is 1. The zero-order valence-corrected chi connectivity index (χ0v) is 20.9. The van der Waals surface area contributed by atoms with Gasteiger partial charge in [-0.2, -0.15) is 18.4 Å². The van der Waals surface area contributed by atoms with E-state index in [0.29, 0.717) is 6.07 Å². The van der Waals surface area contributed by atoms with Crippen molar-refractivity contribution in [3.8, 4) is 22.9 Å². The van der Waals surface area contributed by atoms with Crippen LogP contribution in [-0.4, -0.2) is 26.4 Å². The predicted molar refractivity (Wildman–Crippen MR) is 136 cm³/mol. The Labute approximate surface area is 217 Å². The Balaban J connectivity index is 1.92. The minimum Gasteiger partial charge on any atom is -0.495 e. The number of hydrogen-bond acceptors (Lipinski definition) is 9. The highest BCUT2D eigenvalue weighted by Crippen LogP contribution is 2.44. The van der Waals surface area contributed by atoms with Crippen LogP contribution in [-0.2, 0) is 16.2 Å². The Morgan fingerprint density at radius 2 is 1.89 bits per heavy atom. The molecule has 1 amide bonds. The zero-order valence-electron chi connectivity index (χ0n) is 19.3. The molecule has 0 aliphatic carbocycles. The molecule has 0 bridgehead atoms. The van der Waals surface area contributed by atoms with Crippen molar-refractivity contribution in [1.82, 2.24) is 4.98 Å². The Hall–Kier alpha value is -4.55. The zero-order chi connectivity index (χ0) is 28.0. The number of nitrogens with zero attached hydrogens (tertiary/aromatic N) is 2. The number of amides is 1. The van der Waals surface area contributed by atoms with Crippen molar-refractivity contribution in [2.45, 2.75) is 11.1 Å². The van der Waals surface area contributed by atoms with E-state index >= 15 is 0 Å². The summed E-state index contributed by atoms with van der Waals surface area (Å²) in [5.41, 5.74) is 16.5. The van der Waals surface area contributed by atoms with Crippen LogP contribution in [0.25, 0.3) is 21.3 Å². The van der Waals surface area contributed by atoms with Gasteiger partial charge in [-0.25, -0.2) is 13.4 Å². The number of nitriles is 1. The van der Waals surface area contributed by atoms with Gasteiger partial charge in [0.1, 0.15) is 32.9 Å². The van der Waals surface area contributed by atoms with E-state index in [1.807, 2.05) is 6.07 Å². The van der Waals surface area contributed by atoms with Crippen LogP contribution in [0.2, 0.25) is 0 Å². The van der Waals surface area contributed by atoms with E-state index in [4.69, 9.17) is 21.9 Å². The number of nitrogens with one attached hydrogen (secondary N) is 1. The summed E-state index contributed by atoms with van der Waals surface area (Å²) in [6, 6.07) is 9.30. The van der Waals surface area contributed by atoms with E-state index in [0.717, 1.165) is 29.5 Å². The molecule has 0 saturated carbocycles. The van der Waals surface area contributed by atoms with Gasteiger partial charge in [0.05, 0.1) is 28.9 Å². The third-order valence-electron chi connectivity index (χ3n) is 5.44. The molecular formula is C23H17F3N6O4S2. The second-order valence-corrected chi connectivity index (χ2v) is 10.5. The number of sulfonamides is 1. The van der Waals surface area contributed by atoms with Crippen molar-refractivity contribution in [3.05, 3.63) is 58.5 Å². The highest BCUT2D eigenvalue weighted by molar-refractivity contribution is 7.92. The molecule has 0 atom stereocenters. The highest BCUT2D eigenvalue weighted by Gasteiger charge is 2.32. The lowest BCUT2D eigenvalue weighted by molar-refractivity contribution is -0.137. The van der Waals surface area contributed by atoms with E-state index < -0.39 is 32.6 Å². The molecule has 0 radical (unpaired) electrons. The predicted octanol–water partition coefficient (Wildman–Crippen LogP) is 3.93. The number of benzene rings is 2. The maximum Gasteiger partial charge on any atom is 0.416 e. The fourth-order valence-electron chi connectivity index (χ4n) is 3.74. The molecule has 0 unspecified atom stereocenters. The first-order valence-corrected chi connectivity index (χ1v) is 12.7. The van der Waals surface area contributed by atoms with Crippen molar-refractivity contribution < 1.29 is 31.1 Å². The van der Waals surface area contributed by atoms with Crippen molar-refractivity contribution in [2.24, 2.45) is 5.73 Å². The lowest BCUT2D eigenvalue weighted by Gasteiger charge is -2.16. The van der Waals surface area contributed by atoms with E-state index in [1.165, 1.54) is 25.3 Å². The Kier molecular flexibility index (Phi) is 6.55. The molecule has 0 aliphatic rings.